The molecule has 0 saturated heterocycles. The Balaban J connectivity index is 1.44. The van der Waals surface area contributed by atoms with Gasteiger partial charge in [0.1, 0.15) is 5.75 Å². The van der Waals surface area contributed by atoms with Crippen LogP contribution in [0.25, 0.3) is 0 Å². The van der Waals surface area contributed by atoms with Crippen molar-refractivity contribution in [2.45, 2.75) is 19.3 Å². The van der Waals surface area contributed by atoms with E-state index in [2.05, 4.69) is 41.7 Å². The Morgan fingerprint density at radius 3 is 2.68 bits per heavy atom. The van der Waals surface area contributed by atoms with E-state index in [0.717, 1.165) is 30.9 Å². The van der Waals surface area contributed by atoms with Gasteiger partial charge in [0.05, 0.1) is 7.11 Å². The van der Waals surface area contributed by atoms with E-state index in [4.69, 9.17) is 4.74 Å². The maximum Gasteiger partial charge on any atom is 0.321 e. The Bertz CT molecular complexity index is 834. The summed E-state index contributed by atoms with van der Waals surface area (Å²) < 4.78 is 5.27. The normalized spacial score (nSPS) is 22.2. The second-order valence-electron chi connectivity index (χ2n) is 7.88. The minimum absolute atomic E-state index is 0.0315. The molecular formula is C24H28N2O2. The van der Waals surface area contributed by atoms with Crippen LogP contribution in [0.4, 0.5) is 10.5 Å². The Hall–Kier alpha value is -2.75. The second kappa shape index (κ2) is 8.51. The molecule has 0 spiro atoms. The van der Waals surface area contributed by atoms with Crippen LogP contribution in [-0.2, 0) is 6.42 Å². The minimum atomic E-state index is -0.0315. The monoisotopic (exact) mass is 376 g/mol. The summed E-state index contributed by atoms with van der Waals surface area (Å²) in [6, 6.07) is 17.9. The molecule has 2 aromatic carbocycles. The number of fused-ring (bicyclic) bond motifs is 2. The highest BCUT2D eigenvalue weighted by Gasteiger charge is 2.37. The third kappa shape index (κ3) is 4.38. The van der Waals surface area contributed by atoms with Gasteiger partial charge in [-0.2, -0.15) is 0 Å². The van der Waals surface area contributed by atoms with E-state index in [9.17, 15) is 4.79 Å². The van der Waals surface area contributed by atoms with Crippen LogP contribution in [0.5, 0.6) is 5.75 Å². The van der Waals surface area contributed by atoms with Gasteiger partial charge in [-0.25, -0.2) is 4.79 Å². The molecule has 146 valence electrons. The first-order chi connectivity index (χ1) is 13.7. The van der Waals surface area contributed by atoms with E-state index >= 15 is 0 Å². The average Bonchev–Trinajstić information content (AvgIpc) is 3.35. The zero-order chi connectivity index (χ0) is 19.3. The van der Waals surface area contributed by atoms with Gasteiger partial charge in [-0.3, -0.25) is 0 Å². The Labute approximate surface area is 167 Å². The van der Waals surface area contributed by atoms with Crippen LogP contribution in [0.3, 0.4) is 0 Å². The summed E-state index contributed by atoms with van der Waals surface area (Å²) in [5.41, 5.74) is 2.02. The van der Waals surface area contributed by atoms with Crippen molar-refractivity contribution in [1.82, 2.24) is 4.90 Å². The standard InChI is InChI=1S/C24H28N2O2/c1-28-23-9-5-8-22(16-23)25-24(27)26(13-12-18-6-3-2-4-7-18)17-21-15-19-10-11-20(21)14-19/h2-11,16,19-21H,12-15,17H2,1H3,(H,25,27). The third-order valence-corrected chi connectivity index (χ3v) is 5.99. The Morgan fingerprint density at radius 2 is 1.96 bits per heavy atom. The number of benzene rings is 2. The fourth-order valence-corrected chi connectivity index (χ4v) is 4.48. The summed E-state index contributed by atoms with van der Waals surface area (Å²) >= 11 is 0. The molecule has 4 nitrogen and oxygen atoms in total. The van der Waals surface area contributed by atoms with E-state index < -0.39 is 0 Å². The SMILES string of the molecule is COc1cccc(NC(=O)N(CCc2ccccc2)CC2CC3C=CC2C3)c1. The lowest BCUT2D eigenvalue weighted by Gasteiger charge is -2.29. The van der Waals surface area contributed by atoms with Crippen molar-refractivity contribution in [3.05, 3.63) is 72.3 Å². The number of hydrogen-bond donors (Lipinski definition) is 1. The van der Waals surface area contributed by atoms with Crippen LogP contribution >= 0.6 is 0 Å². The molecule has 3 unspecified atom stereocenters. The van der Waals surface area contributed by atoms with Crippen LogP contribution in [0.2, 0.25) is 0 Å². The minimum Gasteiger partial charge on any atom is -0.497 e. The average molecular weight is 377 g/mol. The number of carbonyl (C=O) groups is 1. The highest BCUT2D eigenvalue weighted by Crippen LogP contribution is 2.43. The zero-order valence-corrected chi connectivity index (χ0v) is 16.4. The first-order valence-electron chi connectivity index (χ1n) is 10.1. The molecular weight excluding hydrogens is 348 g/mol. The quantitative estimate of drug-likeness (QED) is 0.692. The summed E-state index contributed by atoms with van der Waals surface area (Å²) in [5, 5.41) is 3.06. The maximum absolute atomic E-state index is 13.1. The molecule has 2 bridgehead atoms. The fourth-order valence-electron chi connectivity index (χ4n) is 4.48. The number of rotatable bonds is 7. The molecule has 2 amide bonds. The first kappa shape index (κ1) is 18.6. The van der Waals surface area contributed by atoms with Gasteiger partial charge in [-0.15, -0.1) is 0 Å². The van der Waals surface area contributed by atoms with Gasteiger partial charge < -0.3 is 15.0 Å². The van der Waals surface area contributed by atoms with Crippen LogP contribution < -0.4 is 10.1 Å². The van der Waals surface area contributed by atoms with E-state index in [1.807, 2.05) is 35.2 Å². The number of amides is 2. The highest BCUT2D eigenvalue weighted by atomic mass is 16.5. The van der Waals surface area contributed by atoms with Gasteiger partial charge in [0.15, 0.2) is 0 Å². The van der Waals surface area contributed by atoms with Crippen molar-refractivity contribution in [3.8, 4) is 5.75 Å². The van der Waals surface area contributed by atoms with Crippen molar-refractivity contribution in [2.24, 2.45) is 17.8 Å². The number of allylic oxidation sites excluding steroid dienone is 2. The number of nitrogens with one attached hydrogen (secondary N) is 1. The molecule has 1 saturated carbocycles. The lowest BCUT2D eigenvalue weighted by Crippen LogP contribution is -2.40. The summed E-state index contributed by atoms with van der Waals surface area (Å²) in [4.78, 5) is 15.1. The van der Waals surface area contributed by atoms with Crippen LogP contribution in [0.1, 0.15) is 18.4 Å². The lowest BCUT2D eigenvalue weighted by atomic mass is 9.93. The number of hydrogen-bond acceptors (Lipinski definition) is 2. The topological polar surface area (TPSA) is 41.6 Å². The molecule has 0 aliphatic heterocycles. The predicted octanol–water partition coefficient (Wildman–Crippen LogP) is 4.98. The largest absolute Gasteiger partial charge is 0.497 e. The molecule has 4 heteroatoms. The molecule has 2 aromatic rings. The molecule has 4 rings (SSSR count). The fraction of sp³-hybridized carbons (Fsp3) is 0.375. The zero-order valence-electron chi connectivity index (χ0n) is 16.4. The van der Waals surface area contributed by atoms with Crippen molar-refractivity contribution in [3.63, 3.8) is 0 Å². The lowest BCUT2D eigenvalue weighted by molar-refractivity contribution is 0.196. The Kier molecular flexibility index (Phi) is 5.65. The maximum atomic E-state index is 13.1. The number of methoxy groups -OCH3 is 1. The predicted molar refractivity (Wildman–Crippen MR) is 113 cm³/mol. The van der Waals surface area contributed by atoms with E-state index in [0.29, 0.717) is 17.8 Å². The first-order valence-corrected chi connectivity index (χ1v) is 10.1. The van der Waals surface area contributed by atoms with Gasteiger partial charge in [-0.1, -0.05) is 48.6 Å². The molecule has 28 heavy (non-hydrogen) atoms. The van der Waals surface area contributed by atoms with E-state index in [-0.39, 0.29) is 6.03 Å². The van der Waals surface area contributed by atoms with Crippen LogP contribution in [0.15, 0.2) is 66.7 Å². The number of ether oxygens (including phenoxy) is 1. The molecule has 1 N–H and O–H groups in total. The van der Waals surface area contributed by atoms with Crippen molar-refractivity contribution >= 4 is 11.7 Å². The number of nitrogens with zero attached hydrogens (tertiary/aromatic N) is 1. The van der Waals surface area contributed by atoms with Crippen molar-refractivity contribution in [2.75, 3.05) is 25.5 Å². The number of anilines is 1. The van der Waals surface area contributed by atoms with Gasteiger partial charge in [0.2, 0.25) is 0 Å². The molecule has 0 heterocycles. The van der Waals surface area contributed by atoms with E-state index in [1.54, 1.807) is 7.11 Å². The van der Waals surface area contributed by atoms with Crippen LogP contribution in [-0.4, -0.2) is 31.1 Å². The molecule has 1 fully saturated rings. The van der Waals surface area contributed by atoms with Gasteiger partial charge >= 0.3 is 6.03 Å². The van der Waals surface area contributed by atoms with Gasteiger partial charge in [0.25, 0.3) is 0 Å². The van der Waals surface area contributed by atoms with Gasteiger partial charge in [0, 0.05) is 24.8 Å². The Morgan fingerprint density at radius 1 is 1.11 bits per heavy atom. The number of carbonyl (C=O) groups excluding carboxylic acids is 1. The highest BCUT2D eigenvalue weighted by molar-refractivity contribution is 5.89. The molecule has 3 atom stereocenters. The van der Waals surface area contributed by atoms with Gasteiger partial charge in [-0.05, 0) is 54.7 Å². The number of urea groups is 1. The van der Waals surface area contributed by atoms with Crippen molar-refractivity contribution in [1.29, 1.82) is 0 Å². The summed E-state index contributed by atoms with van der Waals surface area (Å²) in [7, 11) is 1.63. The molecule has 0 aromatic heterocycles. The van der Waals surface area contributed by atoms with Crippen LogP contribution in [0, 0.1) is 17.8 Å². The molecule has 2 aliphatic carbocycles. The molecule has 2 aliphatic rings. The smallest absolute Gasteiger partial charge is 0.321 e. The van der Waals surface area contributed by atoms with E-state index in [1.165, 1.54) is 18.4 Å². The second-order valence-corrected chi connectivity index (χ2v) is 7.88. The summed E-state index contributed by atoms with van der Waals surface area (Å²) in [6.07, 6.45) is 8.03. The molecule has 0 radical (unpaired) electrons. The summed E-state index contributed by atoms with van der Waals surface area (Å²) in [6.45, 7) is 1.53. The summed E-state index contributed by atoms with van der Waals surface area (Å²) in [5.74, 6) is 2.66. The van der Waals surface area contributed by atoms with Crippen molar-refractivity contribution < 1.29 is 9.53 Å². The third-order valence-electron chi connectivity index (χ3n) is 5.99.